The molecule has 0 saturated carbocycles. The van der Waals surface area contributed by atoms with Gasteiger partial charge in [0.2, 0.25) is 0 Å². The largest absolute Gasteiger partial charge is 0.375 e. The molecule has 0 radical (unpaired) electrons. The molecule has 27 heavy (non-hydrogen) atoms. The first-order valence-electron chi connectivity index (χ1n) is 9.86. The van der Waals surface area contributed by atoms with Gasteiger partial charge in [-0.1, -0.05) is 37.2 Å². The van der Waals surface area contributed by atoms with Crippen molar-refractivity contribution in [1.82, 2.24) is 15.8 Å². The predicted molar refractivity (Wildman–Crippen MR) is 112 cm³/mol. The van der Waals surface area contributed by atoms with Gasteiger partial charge in [0.25, 0.3) is 0 Å². The summed E-state index contributed by atoms with van der Waals surface area (Å²) in [6, 6.07) is 10.5. The van der Waals surface area contributed by atoms with Gasteiger partial charge in [0.1, 0.15) is 5.76 Å². The monoisotopic (exact) mass is 371 g/mol. The molecule has 2 aromatic rings. The van der Waals surface area contributed by atoms with E-state index < -0.39 is 0 Å². The van der Waals surface area contributed by atoms with Gasteiger partial charge in [-0.3, -0.25) is 4.99 Å². The van der Waals surface area contributed by atoms with E-state index in [1.165, 1.54) is 5.69 Å². The average molecular weight is 372 g/mol. The lowest BCUT2D eigenvalue weighted by molar-refractivity contribution is 0.380. The van der Waals surface area contributed by atoms with E-state index in [9.17, 15) is 0 Å². The number of para-hydroxylation sites is 1. The highest BCUT2D eigenvalue weighted by Crippen LogP contribution is 2.15. The van der Waals surface area contributed by atoms with Gasteiger partial charge in [-0.2, -0.15) is 0 Å². The molecule has 0 unspecified atom stereocenters. The summed E-state index contributed by atoms with van der Waals surface area (Å²) in [5.41, 5.74) is 3.45. The Labute approximate surface area is 163 Å². The topological polar surface area (TPSA) is 65.7 Å². The normalized spacial score (nSPS) is 11.5. The maximum absolute atomic E-state index is 5.42. The summed E-state index contributed by atoms with van der Waals surface area (Å²) >= 11 is 0. The van der Waals surface area contributed by atoms with Crippen LogP contribution in [-0.4, -0.2) is 38.3 Å². The highest BCUT2D eigenvalue weighted by molar-refractivity contribution is 5.79. The van der Waals surface area contributed by atoms with Crippen LogP contribution in [0.5, 0.6) is 0 Å². The van der Waals surface area contributed by atoms with Crippen LogP contribution < -0.4 is 15.5 Å². The van der Waals surface area contributed by atoms with Gasteiger partial charge in [0.05, 0.1) is 5.69 Å². The zero-order valence-electron chi connectivity index (χ0n) is 17.1. The number of aromatic nitrogens is 1. The summed E-state index contributed by atoms with van der Waals surface area (Å²) in [4.78, 5) is 6.60. The van der Waals surface area contributed by atoms with E-state index in [1.54, 1.807) is 7.05 Å². The zero-order chi connectivity index (χ0) is 19.5. The van der Waals surface area contributed by atoms with E-state index in [2.05, 4.69) is 70.8 Å². The summed E-state index contributed by atoms with van der Waals surface area (Å²) in [6.45, 7) is 6.81. The van der Waals surface area contributed by atoms with Gasteiger partial charge in [0.15, 0.2) is 5.96 Å². The average Bonchev–Trinajstić information content (AvgIpc) is 3.12. The summed E-state index contributed by atoms with van der Waals surface area (Å²) in [5.74, 6) is 1.77. The van der Waals surface area contributed by atoms with E-state index in [0.717, 1.165) is 61.7 Å². The lowest BCUT2D eigenvalue weighted by Gasteiger charge is -2.19. The Kier molecular flexibility index (Phi) is 8.68. The Hall–Kier alpha value is -2.50. The molecule has 148 valence electrons. The number of aryl methyl sites for hydroxylation is 2. The number of benzene rings is 1. The van der Waals surface area contributed by atoms with Gasteiger partial charge in [0, 0.05) is 51.4 Å². The smallest absolute Gasteiger partial charge is 0.191 e. The summed E-state index contributed by atoms with van der Waals surface area (Å²) in [6.07, 6.45) is 3.94. The Morgan fingerprint density at radius 3 is 2.56 bits per heavy atom. The maximum Gasteiger partial charge on any atom is 0.191 e. The van der Waals surface area contributed by atoms with E-state index >= 15 is 0 Å². The number of rotatable bonds is 10. The number of nitrogens with one attached hydrogen (secondary N) is 2. The maximum atomic E-state index is 5.42. The summed E-state index contributed by atoms with van der Waals surface area (Å²) in [7, 11) is 3.94. The number of nitrogens with zero attached hydrogens (tertiary/aromatic N) is 3. The highest BCUT2D eigenvalue weighted by atomic mass is 16.5. The molecule has 0 saturated heterocycles. The third-order valence-electron chi connectivity index (χ3n) is 4.67. The molecular weight excluding hydrogens is 338 g/mol. The molecule has 0 aliphatic heterocycles. The van der Waals surface area contributed by atoms with Crippen LogP contribution in [0.15, 0.2) is 39.8 Å². The van der Waals surface area contributed by atoms with Crippen LogP contribution in [-0.2, 0) is 19.4 Å². The van der Waals surface area contributed by atoms with Crippen LogP contribution in [0.1, 0.15) is 43.7 Å². The predicted octanol–water partition coefficient (Wildman–Crippen LogP) is 3.38. The molecule has 0 atom stereocenters. The van der Waals surface area contributed by atoms with Gasteiger partial charge in [-0.15, -0.1) is 0 Å². The van der Waals surface area contributed by atoms with E-state index in [-0.39, 0.29) is 0 Å². The van der Waals surface area contributed by atoms with Gasteiger partial charge in [-0.05, 0) is 31.4 Å². The fraction of sp³-hybridized carbons (Fsp3) is 0.524. The van der Waals surface area contributed by atoms with Crippen LogP contribution in [0.2, 0.25) is 0 Å². The second-order valence-corrected chi connectivity index (χ2v) is 6.55. The summed E-state index contributed by atoms with van der Waals surface area (Å²) < 4.78 is 5.42. The number of guanidine groups is 1. The molecule has 0 aliphatic rings. The SMILES string of the molecule is CCc1noc(CC)c1CNC(=NC)NCCCCN(C)c1ccccc1. The second-order valence-electron chi connectivity index (χ2n) is 6.55. The molecule has 0 aliphatic carbocycles. The third kappa shape index (κ3) is 6.31. The fourth-order valence-electron chi connectivity index (χ4n) is 3.02. The van der Waals surface area contributed by atoms with Crippen molar-refractivity contribution in [2.45, 2.75) is 46.1 Å². The van der Waals surface area contributed by atoms with E-state index in [1.807, 2.05) is 6.07 Å². The molecule has 0 bridgehead atoms. The van der Waals surface area contributed by atoms with Crippen molar-refractivity contribution in [2.75, 3.05) is 32.1 Å². The van der Waals surface area contributed by atoms with Crippen molar-refractivity contribution in [2.24, 2.45) is 4.99 Å². The van der Waals surface area contributed by atoms with Crippen LogP contribution in [0, 0.1) is 0 Å². The quantitative estimate of drug-likeness (QED) is 0.381. The Morgan fingerprint density at radius 1 is 1.11 bits per heavy atom. The first kappa shape index (κ1) is 20.8. The highest BCUT2D eigenvalue weighted by Gasteiger charge is 2.13. The van der Waals surface area contributed by atoms with Crippen molar-refractivity contribution < 1.29 is 4.52 Å². The van der Waals surface area contributed by atoms with E-state index in [0.29, 0.717) is 6.54 Å². The molecule has 6 heteroatoms. The minimum absolute atomic E-state index is 0.687. The molecule has 1 heterocycles. The fourth-order valence-corrected chi connectivity index (χ4v) is 3.02. The van der Waals surface area contributed by atoms with Gasteiger partial charge >= 0.3 is 0 Å². The molecule has 1 aromatic heterocycles. The van der Waals surface area contributed by atoms with Crippen molar-refractivity contribution >= 4 is 11.6 Å². The molecule has 2 N–H and O–H groups in total. The first-order valence-corrected chi connectivity index (χ1v) is 9.86. The molecule has 0 fully saturated rings. The molecular formula is C21H33N5O. The van der Waals surface area contributed by atoms with Crippen LogP contribution in [0.25, 0.3) is 0 Å². The van der Waals surface area contributed by atoms with Crippen molar-refractivity contribution in [3.05, 3.63) is 47.3 Å². The third-order valence-corrected chi connectivity index (χ3v) is 4.67. The second kappa shape index (κ2) is 11.3. The molecule has 1 aromatic carbocycles. The first-order chi connectivity index (χ1) is 13.2. The van der Waals surface area contributed by atoms with Gasteiger partial charge in [-0.25, -0.2) is 0 Å². The Balaban J connectivity index is 1.69. The zero-order valence-corrected chi connectivity index (χ0v) is 17.1. The van der Waals surface area contributed by atoms with Crippen LogP contribution in [0.4, 0.5) is 5.69 Å². The standard InChI is InChI=1S/C21H33N5O/c1-5-19-18(20(6-2)27-25-19)16-24-21(22-3)23-14-10-11-15-26(4)17-12-8-7-9-13-17/h7-9,12-13H,5-6,10-11,14-16H2,1-4H3,(H2,22,23,24). The number of aliphatic imine (C=N–C) groups is 1. The lowest BCUT2D eigenvalue weighted by Crippen LogP contribution is -2.37. The molecule has 0 amide bonds. The van der Waals surface area contributed by atoms with Crippen LogP contribution in [0.3, 0.4) is 0 Å². The lowest BCUT2D eigenvalue weighted by atomic mass is 10.1. The van der Waals surface area contributed by atoms with Crippen molar-refractivity contribution in [1.29, 1.82) is 0 Å². The van der Waals surface area contributed by atoms with Crippen molar-refractivity contribution in [3.8, 4) is 0 Å². The van der Waals surface area contributed by atoms with Crippen LogP contribution >= 0.6 is 0 Å². The number of hydrogen-bond acceptors (Lipinski definition) is 4. The molecule has 6 nitrogen and oxygen atoms in total. The summed E-state index contributed by atoms with van der Waals surface area (Å²) in [5, 5.41) is 10.9. The minimum Gasteiger partial charge on any atom is -0.375 e. The molecule has 2 rings (SSSR count). The van der Waals surface area contributed by atoms with E-state index in [4.69, 9.17) is 4.52 Å². The Morgan fingerprint density at radius 2 is 1.89 bits per heavy atom. The minimum atomic E-state index is 0.687. The Bertz CT molecular complexity index is 674. The van der Waals surface area contributed by atoms with Gasteiger partial charge < -0.3 is 20.1 Å². The van der Waals surface area contributed by atoms with Crippen molar-refractivity contribution in [3.63, 3.8) is 0 Å². The number of unbranched alkanes of at least 4 members (excludes halogenated alkanes) is 1. The number of hydrogen-bond donors (Lipinski definition) is 2. The number of anilines is 1. The molecule has 0 spiro atoms.